The van der Waals surface area contributed by atoms with Gasteiger partial charge >= 0.3 is 0 Å². The average Bonchev–Trinajstić information content (AvgIpc) is 2.47. The summed E-state index contributed by atoms with van der Waals surface area (Å²) in [6.45, 7) is 4.42. The van der Waals surface area contributed by atoms with Gasteiger partial charge in [0, 0.05) is 0 Å². The van der Waals surface area contributed by atoms with Crippen LogP contribution in [0.4, 0.5) is 0 Å². The van der Waals surface area contributed by atoms with Crippen molar-refractivity contribution in [3.63, 3.8) is 0 Å². The fourth-order valence-corrected chi connectivity index (χ4v) is 4.15. The molecular formula is C17H33NS3. The molecule has 0 rings (SSSR count). The number of thiol groups is 1. The predicted molar refractivity (Wildman–Crippen MR) is 107 cm³/mol. The summed E-state index contributed by atoms with van der Waals surface area (Å²) >= 11 is 9.83. The molecule has 21 heavy (non-hydrogen) atoms. The van der Waals surface area contributed by atoms with Gasteiger partial charge in [-0.3, -0.25) is 0 Å². The third-order valence-corrected chi connectivity index (χ3v) is 6.12. The van der Waals surface area contributed by atoms with Gasteiger partial charge in [0.05, 0.1) is 15.0 Å². The molecule has 0 aliphatic heterocycles. The van der Waals surface area contributed by atoms with E-state index in [0.29, 0.717) is 11.8 Å². The van der Waals surface area contributed by atoms with E-state index < -0.39 is 0 Å². The summed E-state index contributed by atoms with van der Waals surface area (Å²) in [4.78, 5) is 0. The van der Waals surface area contributed by atoms with Gasteiger partial charge in [0.25, 0.3) is 0 Å². The summed E-state index contributed by atoms with van der Waals surface area (Å²) in [7, 11) is 0. The van der Waals surface area contributed by atoms with Crippen LogP contribution in [0.3, 0.4) is 0 Å². The Morgan fingerprint density at radius 3 is 2.05 bits per heavy atom. The maximum absolute atomic E-state index is 9.61. The molecule has 0 spiro atoms. The Balaban J connectivity index is 3.96. The maximum Gasteiger partial charge on any atom is 0.0785 e. The Labute approximate surface area is 147 Å². The highest BCUT2D eigenvalue weighted by Crippen LogP contribution is 2.34. The van der Waals surface area contributed by atoms with Gasteiger partial charge in [-0.15, -0.1) is 12.6 Å². The van der Waals surface area contributed by atoms with Crippen LogP contribution in [0.15, 0.2) is 0 Å². The van der Waals surface area contributed by atoms with Gasteiger partial charge in [0.1, 0.15) is 0 Å². The first-order chi connectivity index (χ1) is 10.1. The molecule has 0 saturated carbocycles. The SMILES string of the molecule is CCCCCCCCCCC(C#N)(CCC)C[SH2]C(=S)S. The Hall–Kier alpha value is 0.280. The highest BCUT2D eigenvalue weighted by molar-refractivity contribution is 8.41. The second kappa shape index (κ2) is 13.9. The normalized spacial score (nSPS) is 14.6. The van der Waals surface area contributed by atoms with E-state index in [1.165, 1.54) is 51.4 Å². The number of hydrogen-bond acceptors (Lipinski definition) is 2. The smallest absolute Gasteiger partial charge is 0.0785 e. The van der Waals surface area contributed by atoms with E-state index in [-0.39, 0.29) is 5.41 Å². The summed E-state index contributed by atoms with van der Waals surface area (Å²) in [5.41, 5.74) is -0.151. The Bertz CT molecular complexity index is 312. The van der Waals surface area contributed by atoms with E-state index in [9.17, 15) is 5.26 Å². The Morgan fingerprint density at radius 2 is 1.57 bits per heavy atom. The van der Waals surface area contributed by atoms with Crippen LogP contribution in [-0.4, -0.2) is 9.28 Å². The van der Waals surface area contributed by atoms with E-state index in [2.05, 4.69) is 32.5 Å². The Kier molecular flexibility index (Phi) is 14.1. The van der Waals surface area contributed by atoms with Crippen LogP contribution in [0.2, 0.25) is 0 Å². The zero-order chi connectivity index (χ0) is 16.0. The van der Waals surface area contributed by atoms with Gasteiger partial charge in [-0.05, 0) is 18.6 Å². The summed E-state index contributed by atoms with van der Waals surface area (Å²) < 4.78 is 0.765. The largest absolute Gasteiger partial charge is 0.222 e. The Morgan fingerprint density at radius 1 is 1.00 bits per heavy atom. The number of rotatable bonds is 13. The topological polar surface area (TPSA) is 23.8 Å². The van der Waals surface area contributed by atoms with Crippen LogP contribution in [0.1, 0.15) is 84.5 Å². The van der Waals surface area contributed by atoms with E-state index in [4.69, 9.17) is 12.2 Å². The molecule has 0 N–H and O–H groups in total. The van der Waals surface area contributed by atoms with Crippen LogP contribution in [0, 0.1) is 16.7 Å². The van der Waals surface area contributed by atoms with Crippen molar-refractivity contribution in [2.45, 2.75) is 84.5 Å². The molecule has 0 saturated heterocycles. The van der Waals surface area contributed by atoms with Crippen LogP contribution in [0.25, 0.3) is 0 Å². The molecule has 124 valence electrons. The maximum atomic E-state index is 9.61. The lowest BCUT2D eigenvalue weighted by Crippen LogP contribution is -2.22. The second-order valence-corrected chi connectivity index (χ2v) is 9.17. The van der Waals surface area contributed by atoms with Crippen molar-refractivity contribution in [3.05, 3.63) is 0 Å². The van der Waals surface area contributed by atoms with E-state index >= 15 is 0 Å². The number of nitriles is 1. The zero-order valence-corrected chi connectivity index (χ0v) is 16.5. The number of unbranched alkanes of at least 4 members (excludes halogenated alkanes) is 7. The molecule has 0 heterocycles. The molecule has 0 aromatic heterocycles. The lowest BCUT2D eigenvalue weighted by molar-refractivity contribution is 0.358. The van der Waals surface area contributed by atoms with E-state index in [1.54, 1.807) is 0 Å². The summed E-state index contributed by atoms with van der Waals surface area (Å²) in [6, 6.07) is 2.60. The molecule has 1 nitrogen and oxygen atoms in total. The first kappa shape index (κ1) is 21.3. The van der Waals surface area contributed by atoms with Crippen molar-refractivity contribution < 1.29 is 0 Å². The van der Waals surface area contributed by atoms with Crippen molar-refractivity contribution in [1.29, 1.82) is 5.26 Å². The third kappa shape index (κ3) is 11.5. The molecular weight excluding hydrogens is 314 g/mol. The van der Waals surface area contributed by atoms with Crippen molar-refractivity contribution >= 4 is 40.1 Å². The van der Waals surface area contributed by atoms with E-state index in [0.717, 1.165) is 28.5 Å². The van der Waals surface area contributed by atoms with Crippen molar-refractivity contribution in [1.82, 2.24) is 0 Å². The molecule has 0 aliphatic carbocycles. The first-order valence-electron chi connectivity index (χ1n) is 8.48. The molecule has 0 bridgehead atoms. The molecule has 4 heteroatoms. The monoisotopic (exact) mass is 347 g/mol. The standard InChI is InChI=1S/C17H33NS3/c1-3-5-6-7-8-9-10-11-13-17(14-18,12-4-2)15-21-16(19)20/h3-13,15,21H2,1-2H3,(H,19,20). The van der Waals surface area contributed by atoms with Crippen molar-refractivity contribution in [2.24, 2.45) is 5.41 Å². The van der Waals surface area contributed by atoms with E-state index in [1.807, 2.05) is 0 Å². The van der Waals surface area contributed by atoms with Gasteiger partial charge < -0.3 is 0 Å². The molecule has 0 aliphatic rings. The van der Waals surface area contributed by atoms with Gasteiger partial charge in [-0.2, -0.15) is 5.26 Å². The van der Waals surface area contributed by atoms with Crippen molar-refractivity contribution in [3.8, 4) is 6.07 Å². The van der Waals surface area contributed by atoms with Crippen LogP contribution in [0.5, 0.6) is 0 Å². The first-order valence-corrected chi connectivity index (χ1v) is 10.5. The zero-order valence-electron chi connectivity index (χ0n) is 13.8. The third-order valence-electron chi connectivity index (χ3n) is 4.05. The minimum absolute atomic E-state index is 0.151. The molecule has 1 unspecified atom stereocenters. The lowest BCUT2D eigenvalue weighted by atomic mass is 9.82. The molecule has 1 atom stereocenters. The van der Waals surface area contributed by atoms with Crippen molar-refractivity contribution in [2.75, 3.05) is 5.75 Å². The molecule has 0 aromatic rings. The fraction of sp³-hybridized carbons (Fsp3) is 0.882. The summed E-state index contributed by atoms with van der Waals surface area (Å²) in [6.07, 6.45) is 13.7. The predicted octanol–water partition coefficient (Wildman–Crippen LogP) is 6.24. The number of hydrogen-bond donors (Lipinski definition) is 1. The number of nitrogens with zero attached hydrogens (tertiary/aromatic N) is 1. The summed E-state index contributed by atoms with van der Waals surface area (Å²) in [5.74, 6) is 0.913. The highest BCUT2D eigenvalue weighted by atomic mass is 32.2. The van der Waals surface area contributed by atoms with Crippen LogP contribution >= 0.6 is 36.6 Å². The fourth-order valence-electron chi connectivity index (χ4n) is 2.77. The summed E-state index contributed by atoms with van der Waals surface area (Å²) in [5, 5.41) is 9.61. The highest BCUT2D eigenvalue weighted by Gasteiger charge is 2.28. The molecule has 0 radical (unpaired) electrons. The minimum atomic E-state index is -0.151. The van der Waals surface area contributed by atoms with Gasteiger partial charge in [0.2, 0.25) is 0 Å². The van der Waals surface area contributed by atoms with Gasteiger partial charge in [0.15, 0.2) is 0 Å². The van der Waals surface area contributed by atoms with Gasteiger partial charge in [-0.1, -0.05) is 83.9 Å². The quantitative estimate of drug-likeness (QED) is 0.242. The lowest BCUT2D eigenvalue weighted by Gasteiger charge is -2.26. The molecule has 0 fully saturated rings. The number of thiocarbonyl (C=S) groups is 1. The minimum Gasteiger partial charge on any atom is -0.222 e. The van der Waals surface area contributed by atoms with Gasteiger partial charge in [-0.25, -0.2) is 11.8 Å². The van der Waals surface area contributed by atoms with Crippen LogP contribution < -0.4 is 0 Å². The average molecular weight is 348 g/mol. The second-order valence-electron chi connectivity index (χ2n) is 6.03. The molecule has 0 aromatic carbocycles. The molecule has 0 amide bonds. The van der Waals surface area contributed by atoms with Crippen LogP contribution in [-0.2, 0) is 0 Å².